The summed E-state index contributed by atoms with van der Waals surface area (Å²) in [5.74, 6) is 0.707. The minimum atomic E-state index is -0.292. The molecule has 0 amide bonds. The zero-order chi connectivity index (χ0) is 11.3. The van der Waals surface area contributed by atoms with E-state index >= 15 is 0 Å². The van der Waals surface area contributed by atoms with Crippen molar-refractivity contribution in [1.82, 2.24) is 9.80 Å². The molecular formula is C11H17N3O. The van der Waals surface area contributed by atoms with Gasteiger partial charge in [-0.3, -0.25) is 4.90 Å². The lowest BCUT2D eigenvalue weighted by atomic mass is 10.2. The summed E-state index contributed by atoms with van der Waals surface area (Å²) in [4.78, 5) is 4.08. The third kappa shape index (κ3) is 3.39. The fraction of sp³-hybridized carbons (Fsp3) is 0.545. The predicted octanol–water partition coefficient (Wildman–Crippen LogP) is 1.34. The number of rotatable bonds is 5. The van der Waals surface area contributed by atoms with Crippen LogP contribution in [0.2, 0.25) is 0 Å². The molecule has 0 saturated carbocycles. The van der Waals surface area contributed by atoms with E-state index in [-0.39, 0.29) is 6.04 Å². The Hall–Kier alpha value is -1.31. The molecule has 1 heterocycles. The van der Waals surface area contributed by atoms with Crippen molar-refractivity contribution in [3.05, 3.63) is 24.2 Å². The Morgan fingerprint density at radius 1 is 1.40 bits per heavy atom. The van der Waals surface area contributed by atoms with E-state index in [0.717, 1.165) is 13.1 Å². The quantitative estimate of drug-likeness (QED) is 0.730. The summed E-state index contributed by atoms with van der Waals surface area (Å²) in [5, 5.41) is 9.07. The van der Waals surface area contributed by atoms with Gasteiger partial charge in [-0.15, -0.1) is 0 Å². The molecular weight excluding hydrogens is 190 g/mol. The Morgan fingerprint density at radius 2 is 2.13 bits per heavy atom. The lowest BCUT2D eigenvalue weighted by molar-refractivity contribution is 0.232. The highest BCUT2D eigenvalue weighted by Crippen LogP contribution is 2.18. The molecule has 0 N–H and O–H groups in total. The Labute approximate surface area is 90.7 Å². The number of furan rings is 1. The topological polar surface area (TPSA) is 43.4 Å². The molecule has 1 aromatic heterocycles. The molecule has 0 radical (unpaired) electrons. The van der Waals surface area contributed by atoms with E-state index in [1.165, 1.54) is 0 Å². The molecule has 0 aromatic carbocycles. The molecule has 1 atom stereocenters. The minimum absolute atomic E-state index is 0.292. The second kappa shape index (κ2) is 5.54. The summed E-state index contributed by atoms with van der Waals surface area (Å²) in [7, 11) is 5.96. The SMILES string of the molecule is CN(C)CCN(C)C(C#N)c1ccco1. The van der Waals surface area contributed by atoms with Gasteiger partial charge in [0.2, 0.25) is 0 Å². The van der Waals surface area contributed by atoms with Crippen LogP contribution in [0, 0.1) is 11.3 Å². The summed E-state index contributed by atoms with van der Waals surface area (Å²) in [6.07, 6.45) is 1.60. The molecule has 1 rings (SSSR count). The third-order valence-electron chi connectivity index (χ3n) is 2.28. The van der Waals surface area contributed by atoms with Crippen LogP contribution >= 0.6 is 0 Å². The lowest BCUT2D eigenvalue weighted by Gasteiger charge is -2.22. The second-order valence-electron chi connectivity index (χ2n) is 3.83. The average Bonchev–Trinajstić information content (AvgIpc) is 2.69. The van der Waals surface area contributed by atoms with Gasteiger partial charge in [-0.1, -0.05) is 0 Å². The first-order valence-corrected chi connectivity index (χ1v) is 4.93. The van der Waals surface area contributed by atoms with E-state index in [2.05, 4.69) is 11.0 Å². The second-order valence-corrected chi connectivity index (χ2v) is 3.83. The molecule has 0 saturated heterocycles. The fourth-order valence-corrected chi connectivity index (χ4v) is 1.31. The van der Waals surface area contributed by atoms with Crippen molar-refractivity contribution in [3.63, 3.8) is 0 Å². The predicted molar refractivity (Wildman–Crippen MR) is 58.2 cm³/mol. The molecule has 4 nitrogen and oxygen atoms in total. The van der Waals surface area contributed by atoms with Crippen LogP contribution in [0.3, 0.4) is 0 Å². The lowest BCUT2D eigenvalue weighted by Crippen LogP contribution is -2.31. The molecule has 82 valence electrons. The fourth-order valence-electron chi connectivity index (χ4n) is 1.31. The van der Waals surface area contributed by atoms with E-state index in [0.29, 0.717) is 5.76 Å². The van der Waals surface area contributed by atoms with Crippen LogP contribution in [0.5, 0.6) is 0 Å². The van der Waals surface area contributed by atoms with E-state index in [1.807, 2.05) is 32.1 Å². The van der Waals surface area contributed by atoms with Crippen molar-refractivity contribution >= 4 is 0 Å². The maximum absolute atomic E-state index is 9.07. The number of hydrogen-bond acceptors (Lipinski definition) is 4. The van der Waals surface area contributed by atoms with Gasteiger partial charge in [0.05, 0.1) is 12.3 Å². The summed E-state index contributed by atoms with van der Waals surface area (Å²) in [6.45, 7) is 1.77. The van der Waals surface area contributed by atoms with Gasteiger partial charge in [-0.25, -0.2) is 0 Å². The monoisotopic (exact) mass is 207 g/mol. The van der Waals surface area contributed by atoms with Crippen molar-refractivity contribution in [2.75, 3.05) is 34.2 Å². The van der Waals surface area contributed by atoms with Gasteiger partial charge >= 0.3 is 0 Å². The first-order valence-electron chi connectivity index (χ1n) is 4.93. The summed E-state index contributed by atoms with van der Waals surface area (Å²) in [5.41, 5.74) is 0. The normalized spacial score (nSPS) is 13.1. The van der Waals surface area contributed by atoms with Gasteiger partial charge in [0.1, 0.15) is 5.76 Å². The number of nitriles is 1. The largest absolute Gasteiger partial charge is 0.467 e. The number of hydrogen-bond donors (Lipinski definition) is 0. The molecule has 15 heavy (non-hydrogen) atoms. The summed E-state index contributed by atoms with van der Waals surface area (Å²) >= 11 is 0. The first-order chi connectivity index (χ1) is 7.15. The van der Waals surface area contributed by atoms with Crippen LogP contribution in [0.25, 0.3) is 0 Å². The van der Waals surface area contributed by atoms with Gasteiger partial charge in [0.25, 0.3) is 0 Å². The first kappa shape index (κ1) is 11.8. The molecule has 0 aliphatic heterocycles. The van der Waals surface area contributed by atoms with Crippen molar-refractivity contribution in [3.8, 4) is 6.07 Å². The van der Waals surface area contributed by atoms with Gasteiger partial charge < -0.3 is 9.32 Å². The van der Waals surface area contributed by atoms with Crippen molar-refractivity contribution in [2.45, 2.75) is 6.04 Å². The maximum Gasteiger partial charge on any atom is 0.156 e. The molecule has 4 heteroatoms. The molecule has 1 aromatic rings. The van der Waals surface area contributed by atoms with Crippen molar-refractivity contribution < 1.29 is 4.42 Å². The number of likely N-dealkylation sites (N-methyl/N-ethyl adjacent to an activating group) is 2. The minimum Gasteiger partial charge on any atom is -0.467 e. The van der Waals surface area contributed by atoms with Crippen LogP contribution in [-0.4, -0.2) is 44.0 Å². The van der Waals surface area contributed by atoms with E-state index in [4.69, 9.17) is 9.68 Å². The molecule has 0 spiro atoms. The van der Waals surface area contributed by atoms with Gasteiger partial charge in [0.15, 0.2) is 6.04 Å². The van der Waals surface area contributed by atoms with Crippen molar-refractivity contribution in [2.24, 2.45) is 0 Å². The third-order valence-corrected chi connectivity index (χ3v) is 2.28. The molecule has 1 unspecified atom stereocenters. The summed E-state index contributed by atoms with van der Waals surface area (Å²) < 4.78 is 5.24. The van der Waals surface area contributed by atoms with Crippen LogP contribution in [-0.2, 0) is 0 Å². The molecule has 0 aliphatic rings. The maximum atomic E-state index is 9.07. The van der Waals surface area contributed by atoms with E-state index < -0.39 is 0 Å². The Morgan fingerprint density at radius 3 is 2.60 bits per heavy atom. The van der Waals surface area contributed by atoms with Crippen molar-refractivity contribution in [1.29, 1.82) is 5.26 Å². The highest BCUT2D eigenvalue weighted by Gasteiger charge is 2.18. The van der Waals surface area contributed by atoms with Crippen LogP contribution in [0.15, 0.2) is 22.8 Å². The van der Waals surface area contributed by atoms with Gasteiger partial charge in [0, 0.05) is 13.1 Å². The number of nitrogens with zero attached hydrogens (tertiary/aromatic N) is 3. The zero-order valence-electron chi connectivity index (χ0n) is 9.47. The molecule has 0 aliphatic carbocycles. The van der Waals surface area contributed by atoms with E-state index in [9.17, 15) is 0 Å². The van der Waals surface area contributed by atoms with Crippen LogP contribution < -0.4 is 0 Å². The Kier molecular flexibility index (Phi) is 4.35. The highest BCUT2D eigenvalue weighted by molar-refractivity contribution is 5.12. The van der Waals surface area contributed by atoms with E-state index in [1.54, 1.807) is 12.3 Å². The van der Waals surface area contributed by atoms with Crippen LogP contribution in [0.4, 0.5) is 0 Å². The van der Waals surface area contributed by atoms with Crippen LogP contribution in [0.1, 0.15) is 11.8 Å². The standard InChI is InChI=1S/C11H17N3O/c1-13(2)6-7-14(3)10(9-12)11-5-4-8-15-11/h4-5,8,10H,6-7H2,1-3H3. The van der Waals surface area contributed by atoms with Gasteiger partial charge in [-0.05, 0) is 33.3 Å². The molecule has 0 fully saturated rings. The Bertz CT molecular complexity index is 313. The van der Waals surface area contributed by atoms with Gasteiger partial charge in [-0.2, -0.15) is 5.26 Å². The highest BCUT2D eigenvalue weighted by atomic mass is 16.3. The average molecular weight is 207 g/mol. The smallest absolute Gasteiger partial charge is 0.156 e. The Balaban J connectivity index is 2.56. The molecule has 0 bridgehead atoms. The summed E-state index contributed by atoms with van der Waals surface area (Å²) in [6, 6.07) is 5.59. The zero-order valence-corrected chi connectivity index (χ0v) is 9.47.